The number of nitrogens with zero attached hydrogens (tertiary/aromatic N) is 1. The number of pyridine rings is 1. The van der Waals surface area contributed by atoms with Gasteiger partial charge in [-0.2, -0.15) is 13.2 Å². The predicted molar refractivity (Wildman–Crippen MR) is 67.2 cm³/mol. The summed E-state index contributed by atoms with van der Waals surface area (Å²) in [5.41, 5.74) is 0. The molecule has 0 fully saturated rings. The number of aromatic nitrogens is 1. The van der Waals surface area contributed by atoms with Crippen molar-refractivity contribution in [1.82, 2.24) is 4.98 Å². The Balaban J connectivity index is 2.06. The molecule has 0 aliphatic heterocycles. The second kappa shape index (κ2) is 5.34. The minimum atomic E-state index is -4.13. The van der Waals surface area contributed by atoms with Gasteiger partial charge < -0.3 is 10.4 Å². The summed E-state index contributed by atoms with van der Waals surface area (Å²) in [6.45, 7) is 0.182. The van der Waals surface area contributed by atoms with E-state index in [1.165, 1.54) is 6.07 Å². The Bertz CT molecular complexity index is 569. The number of aromatic hydroxyl groups is 1. The van der Waals surface area contributed by atoms with Crippen LogP contribution in [0.25, 0.3) is 10.8 Å². The smallest absolute Gasteiger partial charge is 0.389 e. The highest BCUT2D eigenvalue weighted by Crippen LogP contribution is 2.25. The minimum absolute atomic E-state index is 0.0135. The highest BCUT2D eigenvalue weighted by Gasteiger charge is 2.25. The standard InChI is InChI=1S/C13H13F3N2O/c14-13(15,16)5-1-6-17-12-11-8-10(19)3-2-9(11)4-7-18-12/h2-4,7-8,19H,1,5-6H2,(H,17,18). The lowest BCUT2D eigenvalue weighted by molar-refractivity contribution is -0.134. The van der Waals surface area contributed by atoms with Crippen LogP contribution in [0.2, 0.25) is 0 Å². The first-order valence-electron chi connectivity index (χ1n) is 5.84. The first-order valence-corrected chi connectivity index (χ1v) is 5.84. The molecule has 2 aromatic rings. The van der Waals surface area contributed by atoms with Gasteiger partial charge in [0.2, 0.25) is 0 Å². The zero-order valence-corrected chi connectivity index (χ0v) is 10.0. The van der Waals surface area contributed by atoms with Crippen LogP contribution in [0.1, 0.15) is 12.8 Å². The molecule has 1 aromatic carbocycles. The summed E-state index contributed by atoms with van der Waals surface area (Å²) in [6, 6.07) is 6.59. The molecule has 1 aromatic heterocycles. The summed E-state index contributed by atoms with van der Waals surface area (Å²) in [6.07, 6.45) is -3.39. The van der Waals surface area contributed by atoms with Crippen molar-refractivity contribution < 1.29 is 18.3 Å². The summed E-state index contributed by atoms with van der Waals surface area (Å²) in [5, 5.41) is 13.9. The maximum atomic E-state index is 12.0. The van der Waals surface area contributed by atoms with Gasteiger partial charge in [0, 0.05) is 24.5 Å². The number of nitrogens with one attached hydrogen (secondary N) is 1. The van der Waals surface area contributed by atoms with Crippen molar-refractivity contribution >= 4 is 16.6 Å². The van der Waals surface area contributed by atoms with Gasteiger partial charge in [-0.05, 0) is 30.0 Å². The Labute approximate surface area is 108 Å². The molecular weight excluding hydrogens is 257 g/mol. The summed E-state index contributed by atoms with van der Waals surface area (Å²) >= 11 is 0. The maximum absolute atomic E-state index is 12.0. The van der Waals surface area contributed by atoms with E-state index in [4.69, 9.17) is 0 Å². The second-order valence-electron chi connectivity index (χ2n) is 4.21. The molecule has 0 bridgehead atoms. The molecule has 0 spiro atoms. The molecule has 0 amide bonds. The molecule has 0 saturated carbocycles. The number of rotatable bonds is 4. The molecular formula is C13H13F3N2O. The lowest BCUT2D eigenvalue weighted by atomic mass is 10.1. The number of fused-ring (bicyclic) bond motifs is 1. The molecule has 102 valence electrons. The fraction of sp³-hybridized carbons (Fsp3) is 0.308. The summed E-state index contributed by atoms with van der Waals surface area (Å²) < 4.78 is 36.0. The average molecular weight is 270 g/mol. The Morgan fingerprint density at radius 2 is 2.00 bits per heavy atom. The van der Waals surface area contributed by atoms with E-state index in [-0.39, 0.29) is 18.7 Å². The van der Waals surface area contributed by atoms with Crippen molar-refractivity contribution in [3.05, 3.63) is 30.5 Å². The van der Waals surface area contributed by atoms with Crippen molar-refractivity contribution in [2.24, 2.45) is 0 Å². The van der Waals surface area contributed by atoms with Gasteiger partial charge in [-0.15, -0.1) is 0 Å². The van der Waals surface area contributed by atoms with Crippen LogP contribution in [-0.4, -0.2) is 22.8 Å². The third kappa shape index (κ3) is 3.74. The first kappa shape index (κ1) is 13.5. The Hall–Kier alpha value is -1.98. The van der Waals surface area contributed by atoms with E-state index >= 15 is 0 Å². The summed E-state index contributed by atoms with van der Waals surface area (Å²) in [4.78, 5) is 4.08. The van der Waals surface area contributed by atoms with E-state index in [1.807, 2.05) is 0 Å². The largest absolute Gasteiger partial charge is 0.508 e. The molecule has 6 heteroatoms. The molecule has 0 saturated heterocycles. The lowest BCUT2D eigenvalue weighted by Gasteiger charge is -2.10. The zero-order valence-electron chi connectivity index (χ0n) is 10.0. The Kier molecular flexibility index (Phi) is 3.78. The third-order valence-corrected chi connectivity index (χ3v) is 2.68. The first-order chi connectivity index (χ1) is 8.96. The van der Waals surface area contributed by atoms with Gasteiger partial charge in [-0.25, -0.2) is 4.98 Å². The molecule has 2 rings (SSSR count). The van der Waals surface area contributed by atoms with Gasteiger partial charge >= 0.3 is 6.18 Å². The monoisotopic (exact) mass is 270 g/mol. The quantitative estimate of drug-likeness (QED) is 0.833. The number of benzene rings is 1. The molecule has 2 N–H and O–H groups in total. The van der Waals surface area contributed by atoms with Crippen molar-refractivity contribution in [2.75, 3.05) is 11.9 Å². The van der Waals surface area contributed by atoms with E-state index in [9.17, 15) is 18.3 Å². The minimum Gasteiger partial charge on any atom is -0.508 e. The highest BCUT2D eigenvalue weighted by molar-refractivity contribution is 5.92. The van der Waals surface area contributed by atoms with Crippen LogP contribution in [0, 0.1) is 0 Å². The maximum Gasteiger partial charge on any atom is 0.389 e. The van der Waals surface area contributed by atoms with Gasteiger partial charge in [0.1, 0.15) is 11.6 Å². The topological polar surface area (TPSA) is 45.2 Å². The highest BCUT2D eigenvalue weighted by atomic mass is 19.4. The Morgan fingerprint density at radius 3 is 2.74 bits per heavy atom. The number of phenolic OH excluding ortho intramolecular Hbond substituents is 1. The molecule has 19 heavy (non-hydrogen) atoms. The number of alkyl halides is 3. The normalized spacial score (nSPS) is 11.7. The number of anilines is 1. The molecule has 1 heterocycles. The molecule has 0 unspecified atom stereocenters. The molecule has 3 nitrogen and oxygen atoms in total. The number of hydrogen-bond acceptors (Lipinski definition) is 3. The van der Waals surface area contributed by atoms with Crippen molar-refractivity contribution in [3.8, 4) is 5.75 Å². The van der Waals surface area contributed by atoms with Crippen molar-refractivity contribution in [3.63, 3.8) is 0 Å². The van der Waals surface area contributed by atoms with Crippen LogP contribution in [0.3, 0.4) is 0 Å². The van der Waals surface area contributed by atoms with E-state index in [0.29, 0.717) is 11.2 Å². The van der Waals surface area contributed by atoms with Gasteiger partial charge in [0.25, 0.3) is 0 Å². The van der Waals surface area contributed by atoms with Gasteiger partial charge in [0.05, 0.1) is 0 Å². The lowest BCUT2D eigenvalue weighted by Crippen LogP contribution is -2.11. The number of halogens is 3. The van der Waals surface area contributed by atoms with E-state index in [1.54, 1.807) is 24.4 Å². The SMILES string of the molecule is Oc1ccc2ccnc(NCCCC(F)(F)F)c2c1. The van der Waals surface area contributed by atoms with Gasteiger partial charge in [-0.1, -0.05) is 6.07 Å². The van der Waals surface area contributed by atoms with Crippen LogP contribution in [-0.2, 0) is 0 Å². The number of phenols is 1. The average Bonchev–Trinajstić information content (AvgIpc) is 2.33. The van der Waals surface area contributed by atoms with E-state index in [2.05, 4.69) is 10.3 Å². The second-order valence-corrected chi connectivity index (χ2v) is 4.21. The van der Waals surface area contributed by atoms with Gasteiger partial charge in [-0.3, -0.25) is 0 Å². The van der Waals surface area contributed by atoms with Crippen LogP contribution < -0.4 is 5.32 Å². The van der Waals surface area contributed by atoms with Crippen molar-refractivity contribution in [1.29, 1.82) is 0 Å². The van der Waals surface area contributed by atoms with Crippen LogP contribution in [0.4, 0.5) is 19.0 Å². The molecule has 0 aliphatic rings. The van der Waals surface area contributed by atoms with E-state index < -0.39 is 12.6 Å². The summed E-state index contributed by atoms with van der Waals surface area (Å²) in [5.74, 6) is 0.578. The fourth-order valence-corrected chi connectivity index (χ4v) is 1.79. The summed E-state index contributed by atoms with van der Waals surface area (Å²) in [7, 11) is 0. The van der Waals surface area contributed by atoms with E-state index in [0.717, 1.165) is 5.39 Å². The predicted octanol–water partition coefficient (Wildman–Crippen LogP) is 3.69. The molecule has 0 radical (unpaired) electrons. The zero-order chi connectivity index (χ0) is 13.9. The van der Waals surface area contributed by atoms with Crippen LogP contribution in [0.15, 0.2) is 30.5 Å². The van der Waals surface area contributed by atoms with Crippen LogP contribution >= 0.6 is 0 Å². The Morgan fingerprint density at radius 1 is 1.21 bits per heavy atom. The number of hydrogen-bond donors (Lipinski definition) is 2. The van der Waals surface area contributed by atoms with Crippen LogP contribution in [0.5, 0.6) is 5.75 Å². The molecule has 0 aliphatic carbocycles. The molecule has 0 atom stereocenters. The van der Waals surface area contributed by atoms with Gasteiger partial charge in [0.15, 0.2) is 0 Å². The third-order valence-electron chi connectivity index (χ3n) is 2.68. The van der Waals surface area contributed by atoms with Crippen molar-refractivity contribution in [2.45, 2.75) is 19.0 Å². The fourth-order valence-electron chi connectivity index (χ4n) is 1.79.